The third-order valence-corrected chi connectivity index (χ3v) is 0.796. The Bertz CT molecular complexity index is 150. The molecule has 0 radical (unpaired) electrons. The lowest BCUT2D eigenvalue weighted by Crippen LogP contribution is -2.27. The zero-order valence-electron chi connectivity index (χ0n) is 3.83. The van der Waals surface area contributed by atoms with Gasteiger partial charge in [0, 0.05) is 15.9 Å². The van der Waals surface area contributed by atoms with Crippen LogP contribution in [0.1, 0.15) is 0 Å². The van der Waals surface area contributed by atoms with Crippen molar-refractivity contribution < 1.29 is 22.8 Å². The number of Topliss-reactive ketones (excluding diaryl/α,β-unsaturated/α-hetero) is 1. The molecule has 0 aromatic carbocycles. The Morgan fingerprint density at radius 1 is 1.22 bits per heavy atom. The molecule has 0 amide bonds. The van der Waals surface area contributed by atoms with Gasteiger partial charge in [0.25, 0.3) is 4.69 Å². The lowest BCUT2D eigenvalue weighted by Gasteiger charge is -1.97. The lowest BCUT2D eigenvalue weighted by molar-refractivity contribution is -0.171. The number of carbonyl (C=O) groups is 2. The summed E-state index contributed by atoms with van der Waals surface area (Å²) >= 11 is 1.87. The Balaban J connectivity index is 4.23. The topological polar surface area (TPSA) is 34.1 Å². The summed E-state index contributed by atoms with van der Waals surface area (Å²) in [6.07, 6.45) is -5.05. The van der Waals surface area contributed by atoms with Gasteiger partial charge in [0.15, 0.2) is 0 Å². The Morgan fingerprint density at radius 3 is 1.56 bits per heavy atom. The smallest absolute Gasteiger partial charge is 0.280 e. The molecule has 0 unspecified atom stereocenters. The number of rotatable bonds is 1. The molecule has 0 saturated heterocycles. The molecule has 0 rings (SSSR count). The molecule has 0 N–H and O–H groups in total. The highest BCUT2D eigenvalue weighted by atomic mass is 79.9. The quantitative estimate of drug-likeness (QED) is 0.473. The molecule has 0 aliphatic carbocycles. The van der Waals surface area contributed by atoms with Gasteiger partial charge in [-0.15, -0.1) is 0 Å². The summed E-state index contributed by atoms with van der Waals surface area (Å²) in [4.78, 5) is 19.3. The monoisotopic (exact) mass is 204 g/mol. The van der Waals surface area contributed by atoms with Crippen LogP contribution < -0.4 is 0 Å². The van der Waals surface area contributed by atoms with Gasteiger partial charge in [-0.2, -0.15) is 13.2 Å². The fourth-order valence-electron chi connectivity index (χ4n) is 0.111. The second kappa shape index (κ2) is 2.47. The molecule has 9 heavy (non-hydrogen) atoms. The number of alkyl halides is 3. The number of ketones is 1. The first-order valence-corrected chi connectivity index (χ1v) is 2.46. The van der Waals surface area contributed by atoms with E-state index in [1.54, 1.807) is 0 Å². The first kappa shape index (κ1) is 8.61. The minimum absolute atomic E-state index is 1.67. The lowest BCUT2D eigenvalue weighted by atomic mass is 10.4. The van der Waals surface area contributed by atoms with E-state index in [4.69, 9.17) is 0 Å². The number of hydrogen-bond acceptors (Lipinski definition) is 2. The molecule has 0 fully saturated rings. The maximum Gasteiger partial charge on any atom is 0.458 e. The van der Waals surface area contributed by atoms with Crippen LogP contribution in [0.15, 0.2) is 0 Å². The van der Waals surface area contributed by atoms with Crippen LogP contribution in [-0.4, -0.2) is 16.7 Å². The first-order chi connectivity index (χ1) is 3.85. The normalized spacial score (nSPS) is 11.1. The zero-order chi connectivity index (χ0) is 7.65. The highest BCUT2D eigenvalue weighted by Gasteiger charge is 2.42. The second-order valence-corrected chi connectivity index (χ2v) is 1.82. The predicted octanol–water partition coefficient (Wildman–Crippen LogP) is 1.04. The van der Waals surface area contributed by atoms with Gasteiger partial charge >= 0.3 is 12.0 Å². The summed E-state index contributed by atoms with van der Waals surface area (Å²) < 4.78 is 31.6. The van der Waals surface area contributed by atoms with E-state index in [2.05, 4.69) is 0 Å². The fourth-order valence-corrected chi connectivity index (χ4v) is 0.336. The summed E-state index contributed by atoms with van der Waals surface area (Å²) in [5.74, 6) is -2.39. The van der Waals surface area contributed by atoms with Crippen LogP contribution in [0.25, 0.3) is 0 Å². The number of carbonyl (C=O) groups excluding carboxylic acids is 2. The minimum atomic E-state index is -5.05. The second-order valence-electron chi connectivity index (χ2n) is 1.10. The SMILES string of the molecule is O=C(Br)C(=O)C(F)(F)F. The van der Waals surface area contributed by atoms with Crippen molar-refractivity contribution in [1.29, 1.82) is 0 Å². The van der Waals surface area contributed by atoms with Crippen LogP contribution in [0, 0.1) is 0 Å². The van der Waals surface area contributed by atoms with Gasteiger partial charge in [-0.1, -0.05) is 0 Å². The van der Waals surface area contributed by atoms with Crippen LogP contribution in [0.2, 0.25) is 0 Å². The molecule has 0 spiro atoms. The van der Waals surface area contributed by atoms with Crippen molar-refractivity contribution in [2.24, 2.45) is 0 Å². The van der Waals surface area contributed by atoms with E-state index in [-0.39, 0.29) is 0 Å². The van der Waals surface area contributed by atoms with Crippen LogP contribution in [-0.2, 0) is 9.59 Å². The van der Waals surface area contributed by atoms with Gasteiger partial charge in [0.1, 0.15) is 0 Å². The number of halogens is 4. The molecule has 0 heterocycles. The van der Waals surface area contributed by atoms with Crippen molar-refractivity contribution in [2.75, 3.05) is 0 Å². The van der Waals surface area contributed by atoms with Gasteiger partial charge < -0.3 is 0 Å². The summed E-state index contributed by atoms with van der Waals surface area (Å²) in [5, 5.41) is 0. The standard InChI is InChI=1S/C3BrF3O2/c4-2(9)1(8)3(5,6)7. The molecule has 0 aromatic rings. The van der Waals surface area contributed by atoms with Crippen molar-refractivity contribution in [2.45, 2.75) is 6.18 Å². The molecule has 0 aliphatic heterocycles. The van der Waals surface area contributed by atoms with E-state index in [1.807, 2.05) is 15.9 Å². The Labute approximate surface area is 56.2 Å². The van der Waals surface area contributed by atoms with Crippen molar-refractivity contribution in [1.82, 2.24) is 0 Å². The van der Waals surface area contributed by atoms with Gasteiger partial charge in [-0.25, -0.2) is 0 Å². The summed E-state index contributed by atoms with van der Waals surface area (Å²) in [6, 6.07) is 0. The third kappa shape index (κ3) is 2.59. The highest BCUT2D eigenvalue weighted by Crippen LogP contribution is 2.17. The Kier molecular flexibility index (Phi) is 2.36. The summed E-state index contributed by atoms with van der Waals surface area (Å²) in [6.45, 7) is 0. The van der Waals surface area contributed by atoms with E-state index in [0.717, 1.165) is 0 Å². The molecule has 0 bridgehead atoms. The predicted molar refractivity (Wildman–Crippen MR) is 25.0 cm³/mol. The highest BCUT2D eigenvalue weighted by molar-refractivity contribution is 9.19. The largest absolute Gasteiger partial charge is 0.458 e. The van der Waals surface area contributed by atoms with Gasteiger partial charge in [0.2, 0.25) is 0 Å². The summed E-state index contributed by atoms with van der Waals surface area (Å²) in [7, 11) is 0. The fraction of sp³-hybridized carbons (Fsp3) is 0.333. The Morgan fingerprint density at radius 2 is 1.56 bits per heavy atom. The molecule has 6 heteroatoms. The van der Waals surface area contributed by atoms with Gasteiger partial charge in [0.05, 0.1) is 0 Å². The van der Waals surface area contributed by atoms with E-state index >= 15 is 0 Å². The molecule has 0 atom stereocenters. The minimum Gasteiger partial charge on any atom is -0.280 e. The molecule has 2 nitrogen and oxygen atoms in total. The number of hydrogen-bond donors (Lipinski definition) is 0. The zero-order valence-corrected chi connectivity index (χ0v) is 5.41. The molecular formula is C3BrF3O2. The van der Waals surface area contributed by atoms with E-state index in [1.165, 1.54) is 0 Å². The van der Waals surface area contributed by atoms with Crippen LogP contribution in [0.4, 0.5) is 13.2 Å². The van der Waals surface area contributed by atoms with Gasteiger partial charge in [-0.3, -0.25) is 9.59 Å². The average Bonchev–Trinajstić information content (AvgIpc) is 1.62. The van der Waals surface area contributed by atoms with Gasteiger partial charge in [-0.05, 0) is 0 Å². The molecule has 0 saturated carbocycles. The van der Waals surface area contributed by atoms with Crippen LogP contribution in [0.3, 0.4) is 0 Å². The van der Waals surface area contributed by atoms with Crippen molar-refractivity contribution >= 4 is 26.4 Å². The average molecular weight is 205 g/mol. The first-order valence-electron chi connectivity index (χ1n) is 1.66. The maximum absolute atomic E-state index is 11.1. The molecule has 0 aliphatic rings. The third-order valence-electron chi connectivity index (χ3n) is 0.436. The molecule has 52 valence electrons. The van der Waals surface area contributed by atoms with Crippen LogP contribution in [0.5, 0.6) is 0 Å². The molecular weight excluding hydrogens is 205 g/mol. The Hall–Kier alpha value is -0.390. The van der Waals surface area contributed by atoms with Crippen LogP contribution >= 0.6 is 15.9 Å². The maximum atomic E-state index is 11.1. The van der Waals surface area contributed by atoms with Crippen molar-refractivity contribution in [3.63, 3.8) is 0 Å². The summed E-state index contributed by atoms with van der Waals surface area (Å²) in [5.41, 5.74) is 0. The van der Waals surface area contributed by atoms with E-state index in [9.17, 15) is 22.8 Å². The van der Waals surface area contributed by atoms with E-state index < -0.39 is 16.7 Å². The van der Waals surface area contributed by atoms with Crippen molar-refractivity contribution in [3.8, 4) is 0 Å². The van der Waals surface area contributed by atoms with E-state index in [0.29, 0.717) is 0 Å². The van der Waals surface area contributed by atoms with Crippen molar-refractivity contribution in [3.05, 3.63) is 0 Å². The molecule has 0 aromatic heterocycles.